The molecule has 5 nitrogen and oxygen atoms in total. The number of piperidine rings is 1. The second-order valence-electron chi connectivity index (χ2n) is 5.31. The van der Waals surface area contributed by atoms with Gasteiger partial charge in [-0.15, -0.1) is 0 Å². The lowest BCUT2D eigenvalue weighted by atomic mass is 10.2. The minimum atomic E-state index is -3.50. The Labute approximate surface area is 124 Å². The molecule has 1 aromatic rings. The van der Waals surface area contributed by atoms with Crippen molar-refractivity contribution in [2.45, 2.75) is 23.8 Å². The zero-order valence-electron chi connectivity index (χ0n) is 11.7. The number of hydrogen-bond donors (Lipinski definition) is 0. The van der Waals surface area contributed by atoms with Crippen molar-refractivity contribution in [3.05, 3.63) is 35.6 Å². The van der Waals surface area contributed by atoms with Crippen molar-refractivity contribution >= 4 is 19.9 Å². The van der Waals surface area contributed by atoms with Gasteiger partial charge in [0.25, 0.3) is 0 Å². The normalized spacial score (nSPS) is 18.8. The molecular weight excluding hydrogens is 317 g/mol. The maximum absolute atomic E-state index is 12.8. The van der Waals surface area contributed by atoms with Gasteiger partial charge in [-0.1, -0.05) is 12.1 Å². The predicted octanol–water partition coefficient (Wildman–Crippen LogP) is 1.16. The summed E-state index contributed by atoms with van der Waals surface area (Å²) in [7, 11) is -6.62. The molecule has 0 N–H and O–H groups in total. The molecule has 1 aliphatic heterocycles. The van der Waals surface area contributed by atoms with E-state index in [2.05, 4.69) is 0 Å². The summed E-state index contributed by atoms with van der Waals surface area (Å²) in [6.07, 6.45) is 1.82. The second-order valence-corrected chi connectivity index (χ2v) is 9.61. The molecule has 0 bridgehead atoms. The van der Waals surface area contributed by atoms with Crippen LogP contribution in [0.3, 0.4) is 0 Å². The minimum absolute atomic E-state index is 0.198. The maximum Gasteiger partial charge on any atom is 0.218 e. The maximum atomic E-state index is 12.8. The Bertz CT molecular complexity index is 690. The monoisotopic (exact) mass is 335 g/mol. The number of halogens is 1. The Morgan fingerprint density at radius 1 is 1.10 bits per heavy atom. The third kappa shape index (κ3) is 4.24. The highest BCUT2D eigenvalue weighted by atomic mass is 32.2. The summed E-state index contributed by atoms with van der Waals surface area (Å²) in [4.78, 5) is 0. The van der Waals surface area contributed by atoms with Crippen LogP contribution in [0.25, 0.3) is 0 Å². The zero-order valence-corrected chi connectivity index (χ0v) is 13.3. The van der Waals surface area contributed by atoms with Crippen molar-refractivity contribution in [2.75, 3.05) is 19.3 Å². The first-order valence-corrected chi connectivity index (χ1v) is 10.2. The molecule has 1 aliphatic rings. The van der Waals surface area contributed by atoms with Crippen LogP contribution in [0.15, 0.2) is 24.3 Å². The summed E-state index contributed by atoms with van der Waals surface area (Å²) in [5.74, 6) is -0.610. The van der Waals surface area contributed by atoms with Gasteiger partial charge in [-0.25, -0.2) is 25.5 Å². The average molecular weight is 335 g/mol. The summed E-state index contributed by atoms with van der Waals surface area (Å²) in [6, 6.07) is 5.33. The van der Waals surface area contributed by atoms with Gasteiger partial charge in [0.15, 0.2) is 0 Å². The summed E-state index contributed by atoms with van der Waals surface area (Å²) in [5, 5.41) is -0.463. The Morgan fingerprint density at radius 2 is 1.62 bits per heavy atom. The van der Waals surface area contributed by atoms with Crippen molar-refractivity contribution < 1.29 is 21.2 Å². The van der Waals surface area contributed by atoms with Crippen LogP contribution in [0.5, 0.6) is 0 Å². The van der Waals surface area contributed by atoms with Gasteiger partial charge in [0.2, 0.25) is 10.0 Å². The van der Waals surface area contributed by atoms with Crippen LogP contribution in [0, 0.1) is 5.82 Å². The fraction of sp³-hybridized carbons (Fsp3) is 0.538. The highest BCUT2D eigenvalue weighted by molar-refractivity contribution is 7.91. The molecular formula is C13H18FNO4S2. The van der Waals surface area contributed by atoms with Crippen LogP contribution >= 0.6 is 0 Å². The molecule has 0 atom stereocenters. The van der Waals surface area contributed by atoms with Gasteiger partial charge in [0.05, 0.1) is 11.0 Å². The van der Waals surface area contributed by atoms with Gasteiger partial charge in [0.1, 0.15) is 15.7 Å². The van der Waals surface area contributed by atoms with Crippen molar-refractivity contribution in [1.82, 2.24) is 4.31 Å². The quantitative estimate of drug-likeness (QED) is 0.828. The van der Waals surface area contributed by atoms with Gasteiger partial charge < -0.3 is 0 Å². The van der Waals surface area contributed by atoms with E-state index in [0.29, 0.717) is 18.4 Å². The summed E-state index contributed by atoms with van der Waals surface area (Å²) in [5.41, 5.74) is 0.515. The largest absolute Gasteiger partial charge is 0.229 e. The molecule has 0 radical (unpaired) electrons. The molecule has 1 aromatic carbocycles. The molecule has 0 aliphatic carbocycles. The van der Waals surface area contributed by atoms with Crippen molar-refractivity contribution in [3.8, 4) is 0 Å². The van der Waals surface area contributed by atoms with E-state index in [-0.39, 0.29) is 18.8 Å². The Hall–Kier alpha value is -0.990. The predicted molar refractivity (Wildman–Crippen MR) is 78.5 cm³/mol. The van der Waals surface area contributed by atoms with Crippen LogP contribution < -0.4 is 0 Å². The van der Waals surface area contributed by atoms with Gasteiger partial charge in [0, 0.05) is 19.3 Å². The van der Waals surface area contributed by atoms with Gasteiger partial charge in [-0.05, 0) is 30.5 Å². The number of rotatable bonds is 4. The topological polar surface area (TPSA) is 71.5 Å². The number of nitrogens with zero attached hydrogens (tertiary/aromatic N) is 1. The third-order valence-electron chi connectivity index (χ3n) is 3.66. The fourth-order valence-electron chi connectivity index (χ4n) is 2.42. The van der Waals surface area contributed by atoms with E-state index in [1.165, 1.54) is 34.8 Å². The van der Waals surface area contributed by atoms with Crippen molar-refractivity contribution in [2.24, 2.45) is 0 Å². The molecule has 1 fully saturated rings. The number of benzene rings is 1. The lowest BCUT2D eigenvalue weighted by molar-refractivity contribution is 0.345. The Morgan fingerprint density at radius 3 is 2.10 bits per heavy atom. The SMILES string of the molecule is CS(=O)(=O)C1CCN(S(=O)(=O)Cc2ccc(F)cc2)CC1. The van der Waals surface area contributed by atoms with Crippen LogP contribution in [0.4, 0.5) is 4.39 Å². The molecule has 0 spiro atoms. The second kappa shape index (κ2) is 6.02. The van der Waals surface area contributed by atoms with Crippen molar-refractivity contribution in [1.29, 1.82) is 0 Å². The van der Waals surface area contributed by atoms with E-state index in [1.807, 2.05) is 0 Å². The fourth-order valence-corrected chi connectivity index (χ4v) is 5.05. The minimum Gasteiger partial charge on any atom is -0.229 e. The molecule has 0 unspecified atom stereocenters. The lowest BCUT2D eigenvalue weighted by Crippen LogP contribution is -2.42. The molecule has 21 heavy (non-hydrogen) atoms. The summed E-state index contributed by atoms with van der Waals surface area (Å²) in [6.45, 7) is 0.419. The van der Waals surface area contributed by atoms with E-state index in [0.717, 1.165) is 0 Å². The van der Waals surface area contributed by atoms with Crippen LogP contribution in [0.1, 0.15) is 18.4 Å². The Balaban J connectivity index is 2.03. The Kier molecular flexibility index (Phi) is 4.69. The summed E-state index contributed by atoms with van der Waals surface area (Å²) >= 11 is 0. The molecule has 118 valence electrons. The highest BCUT2D eigenvalue weighted by Gasteiger charge is 2.32. The number of sulfone groups is 1. The molecule has 0 aromatic heterocycles. The molecule has 1 heterocycles. The average Bonchev–Trinajstić information content (AvgIpc) is 2.40. The van der Waals surface area contributed by atoms with Crippen molar-refractivity contribution in [3.63, 3.8) is 0 Å². The molecule has 0 amide bonds. The third-order valence-corrected chi connectivity index (χ3v) is 7.19. The van der Waals surface area contributed by atoms with Gasteiger partial charge in [-0.2, -0.15) is 0 Å². The number of hydrogen-bond acceptors (Lipinski definition) is 4. The van der Waals surface area contributed by atoms with E-state index in [1.54, 1.807) is 0 Å². The van der Waals surface area contributed by atoms with Crippen LogP contribution in [0.2, 0.25) is 0 Å². The molecule has 2 rings (SSSR count). The lowest BCUT2D eigenvalue weighted by Gasteiger charge is -2.30. The van der Waals surface area contributed by atoms with E-state index < -0.39 is 30.9 Å². The van der Waals surface area contributed by atoms with Crippen LogP contribution in [-0.4, -0.2) is 45.7 Å². The molecule has 0 saturated carbocycles. The first-order chi connectivity index (χ1) is 9.68. The number of sulfonamides is 1. The van der Waals surface area contributed by atoms with E-state index >= 15 is 0 Å². The first kappa shape index (κ1) is 16.4. The molecule has 1 saturated heterocycles. The smallest absolute Gasteiger partial charge is 0.218 e. The zero-order chi connectivity index (χ0) is 15.7. The van der Waals surface area contributed by atoms with Gasteiger partial charge >= 0.3 is 0 Å². The highest BCUT2D eigenvalue weighted by Crippen LogP contribution is 2.21. The summed E-state index contributed by atoms with van der Waals surface area (Å²) < 4.78 is 61.6. The first-order valence-electron chi connectivity index (χ1n) is 6.59. The van der Waals surface area contributed by atoms with Gasteiger partial charge in [-0.3, -0.25) is 0 Å². The van der Waals surface area contributed by atoms with E-state index in [9.17, 15) is 21.2 Å². The van der Waals surface area contributed by atoms with Crippen LogP contribution in [-0.2, 0) is 25.6 Å². The standard InChI is InChI=1S/C13H18FNO4S2/c1-20(16,17)13-6-8-15(9-7-13)21(18,19)10-11-2-4-12(14)5-3-11/h2-5,13H,6-10H2,1H3. The van der Waals surface area contributed by atoms with E-state index in [4.69, 9.17) is 0 Å². The molecule has 8 heteroatoms.